The molecule has 0 bridgehead atoms. The van der Waals surface area contributed by atoms with Gasteiger partial charge in [-0.05, 0) is 24.3 Å². The molecule has 5 heteroatoms. The molecule has 0 unspecified atom stereocenters. The van der Waals surface area contributed by atoms with E-state index < -0.39 is 5.76 Å². The summed E-state index contributed by atoms with van der Waals surface area (Å²) in [7, 11) is 0. The molecule has 3 rings (SSSR count). The molecule has 0 saturated carbocycles. The van der Waals surface area contributed by atoms with Crippen molar-refractivity contribution in [2.24, 2.45) is 0 Å². The zero-order valence-corrected chi connectivity index (χ0v) is 12.6. The lowest BCUT2D eigenvalue weighted by Crippen LogP contribution is -2.11. The molecule has 1 heterocycles. The van der Waals surface area contributed by atoms with Gasteiger partial charge in [0, 0.05) is 10.0 Å². The Balaban J connectivity index is 2.17. The Hall–Kier alpha value is -1.78. The quantitative estimate of drug-likeness (QED) is 0.681. The van der Waals surface area contributed by atoms with Crippen molar-refractivity contribution >= 4 is 27.5 Å². The van der Waals surface area contributed by atoms with E-state index >= 15 is 0 Å². The second-order valence-corrected chi connectivity index (χ2v) is 5.44. The largest absolute Gasteiger partial charge is 0.425 e. The fourth-order valence-corrected chi connectivity index (χ4v) is 2.51. The Morgan fingerprint density at radius 1 is 1.00 bits per heavy atom. The normalized spacial score (nSPS) is 10.7. The highest BCUT2D eigenvalue weighted by molar-refractivity contribution is 9.10. The molecule has 0 aliphatic heterocycles. The maximum absolute atomic E-state index is 12.0. The minimum absolute atomic E-state index is 0.267. The van der Waals surface area contributed by atoms with Gasteiger partial charge in [-0.25, -0.2) is 9.36 Å². The molecule has 1 aromatic heterocycles. The Kier molecular flexibility index (Phi) is 3.51. The molecule has 0 aliphatic carbocycles. The molecule has 0 radical (unpaired) electrons. The monoisotopic (exact) mass is 349 g/mol. The molecule has 0 aliphatic rings. The van der Waals surface area contributed by atoms with E-state index in [4.69, 9.17) is 16.0 Å². The van der Waals surface area contributed by atoms with E-state index in [0.717, 1.165) is 10.0 Å². The van der Waals surface area contributed by atoms with Crippen molar-refractivity contribution in [3.8, 4) is 17.0 Å². The van der Waals surface area contributed by atoms with Crippen LogP contribution >= 0.6 is 27.5 Å². The first kappa shape index (κ1) is 13.2. The number of aromatic nitrogens is 1. The Morgan fingerprint density at radius 3 is 2.30 bits per heavy atom. The van der Waals surface area contributed by atoms with Crippen molar-refractivity contribution in [1.29, 1.82) is 0 Å². The molecule has 3 aromatic rings. The van der Waals surface area contributed by atoms with Gasteiger partial charge in [0.05, 0.1) is 5.69 Å². The maximum Gasteiger partial charge on any atom is 0.425 e. The molecule has 0 saturated heterocycles. The number of halogens is 2. The molecule has 100 valence electrons. The maximum atomic E-state index is 12.0. The van der Waals surface area contributed by atoms with Crippen LogP contribution < -0.4 is 5.76 Å². The molecule has 0 spiro atoms. The van der Waals surface area contributed by atoms with Crippen LogP contribution in [0.1, 0.15) is 0 Å². The van der Waals surface area contributed by atoms with Crippen LogP contribution in [0.3, 0.4) is 0 Å². The van der Waals surface area contributed by atoms with Crippen LogP contribution in [0.4, 0.5) is 0 Å². The Labute approximate surface area is 128 Å². The van der Waals surface area contributed by atoms with E-state index in [0.29, 0.717) is 11.4 Å². The number of benzene rings is 2. The average molecular weight is 351 g/mol. The zero-order chi connectivity index (χ0) is 14.1. The zero-order valence-electron chi connectivity index (χ0n) is 10.2. The van der Waals surface area contributed by atoms with E-state index in [1.807, 2.05) is 42.5 Å². The van der Waals surface area contributed by atoms with Crippen LogP contribution in [0.5, 0.6) is 0 Å². The highest BCUT2D eigenvalue weighted by Gasteiger charge is 2.17. The van der Waals surface area contributed by atoms with Gasteiger partial charge in [-0.3, -0.25) is 0 Å². The summed E-state index contributed by atoms with van der Waals surface area (Å²) in [4.78, 5) is 12.0. The summed E-state index contributed by atoms with van der Waals surface area (Å²) < 4.78 is 7.55. The van der Waals surface area contributed by atoms with Gasteiger partial charge in [-0.15, -0.1) is 0 Å². The second kappa shape index (κ2) is 5.31. The predicted octanol–water partition coefficient (Wildman–Crippen LogP) is 4.51. The van der Waals surface area contributed by atoms with Crippen LogP contribution in [0.15, 0.2) is 68.3 Å². The number of nitrogens with zero attached hydrogens (tertiary/aromatic N) is 1. The molecular weight excluding hydrogens is 342 g/mol. The van der Waals surface area contributed by atoms with Crippen molar-refractivity contribution in [2.75, 3.05) is 0 Å². The molecular formula is C15H9BrClNO2. The molecule has 0 amide bonds. The van der Waals surface area contributed by atoms with E-state index in [-0.39, 0.29) is 5.15 Å². The third kappa shape index (κ3) is 2.32. The molecule has 0 atom stereocenters. The first-order valence-corrected chi connectivity index (χ1v) is 7.06. The number of hydrogen-bond acceptors (Lipinski definition) is 2. The van der Waals surface area contributed by atoms with Crippen LogP contribution in [0.2, 0.25) is 5.15 Å². The van der Waals surface area contributed by atoms with Gasteiger partial charge in [0.25, 0.3) is 0 Å². The fraction of sp³-hybridized carbons (Fsp3) is 0. The Morgan fingerprint density at radius 2 is 1.65 bits per heavy atom. The topological polar surface area (TPSA) is 35.1 Å². The highest BCUT2D eigenvalue weighted by atomic mass is 79.9. The predicted molar refractivity (Wildman–Crippen MR) is 82.5 cm³/mol. The number of oxazole rings is 1. The third-order valence-corrected chi connectivity index (χ3v) is 3.75. The van der Waals surface area contributed by atoms with Gasteiger partial charge in [0.15, 0.2) is 10.9 Å². The lowest BCUT2D eigenvalue weighted by atomic mass is 10.2. The highest BCUT2D eigenvalue weighted by Crippen LogP contribution is 2.29. The smallest absolute Gasteiger partial charge is 0.406 e. The van der Waals surface area contributed by atoms with E-state index in [1.165, 1.54) is 4.57 Å². The lowest BCUT2D eigenvalue weighted by Gasteiger charge is -2.02. The summed E-state index contributed by atoms with van der Waals surface area (Å²) in [6.45, 7) is 0. The summed E-state index contributed by atoms with van der Waals surface area (Å²) in [5, 5.41) is 0.267. The molecule has 2 aromatic carbocycles. The summed E-state index contributed by atoms with van der Waals surface area (Å²) in [5.41, 5.74) is 1.43. The third-order valence-electron chi connectivity index (χ3n) is 2.88. The Bertz CT molecular complexity index is 791. The fourth-order valence-electron chi connectivity index (χ4n) is 1.93. The van der Waals surface area contributed by atoms with Crippen molar-refractivity contribution in [2.45, 2.75) is 0 Å². The van der Waals surface area contributed by atoms with Gasteiger partial charge >= 0.3 is 5.76 Å². The standard InChI is InChI=1S/C15H9BrClNO2/c16-11-6-8-12(9-7-11)18-14(17)13(20-15(18)19)10-4-2-1-3-5-10/h1-9H. The minimum atomic E-state index is -0.504. The average Bonchev–Trinajstić information content (AvgIpc) is 2.76. The SMILES string of the molecule is O=c1oc(-c2ccccc2)c(Cl)n1-c1ccc(Br)cc1. The van der Waals surface area contributed by atoms with Crippen molar-refractivity contribution in [1.82, 2.24) is 4.57 Å². The molecule has 20 heavy (non-hydrogen) atoms. The summed E-state index contributed by atoms with van der Waals surface area (Å²) in [5.74, 6) is -0.128. The van der Waals surface area contributed by atoms with Crippen LogP contribution in [-0.4, -0.2) is 4.57 Å². The summed E-state index contributed by atoms with van der Waals surface area (Å²) in [6, 6.07) is 16.6. The van der Waals surface area contributed by atoms with Crippen molar-refractivity contribution < 1.29 is 4.42 Å². The van der Waals surface area contributed by atoms with Gasteiger partial charge < -0.3 is 4.42 Å². The first-order valence-electron chi connectivity index (χ1n) is 5.89. The van der Waals surface area contributed by atoms with E-state index in [2.05, 4.69) is 15.9 Å². The second-order valence-electron chi connectivity index (χ2n) is 4.17. The minimum Gasteiger partial charge on any atom is -0.406 e. The lowest BCUT2D eigenvalue weighted by molar-refractivity contribution is 0.516. The molecule has 3 nitrogen and oxygen atoms in total. The van der Waals surface area contributed by atoms with Gasteiger partial charge in [0.2, 0.25) is 0 Å². The summed E-state index contributed by atoms with van der Waals surface area (Å²) in [6.07, 6.45) is 0. The van der Waals surface area contributed by atoms with Crippen molar-refractivity contribution in [3.63, 3.8) is 0 Å². The summed E-state index contributed by atoms with van der Waals surface area (Å²) >= 11 is 9.65. The van der Waals surface area contributed by atoms with E-state index in [1.54, 1.807) is 12.1 Å². The van der Waals surface area contributed by atoms with Gasteiger partial charge in [-0.1, -0.05) is 57.9 Å². The van der Waals surface area contributed by atoms with E-state index in [9.17, 15) is 4.79 Å². The van der Waals surface area contributed by atoms with Crippen LogP contribution in [0.25, 0.3) is 17.0 Å². The van der Waals surface area contributed by atoms with Crippen molar-refractivity contribution in [3.05, 3.63) is 74.8 Å². The molecule has 0 fully saturated rings. The molecule has 0 N–H and O–H groups in total. The first-order chi connectivity index (χ1) is 9.66. The van der Waals surface area contributed by atoms with Crippen LogP contribution in [-0.2, 0) is 0 Å². The number of rotatable bonds is 2. The number of hydrogen-bond donors (Lipinski definition) is 0. The van der Waals surface area contributed by atoms with Crippen LogP contribution in [0, 0.1) is 0 Å². The van der Waals surface area contributed by atoms with Gasteiger partial charge in [-0.2, -0.15) is 0 Å². The van der Waals surface area contributed by atoms with Gasteiger partial charge in [0.1, 0.15) is 0 Å².